The molecule has 0 fully saturated rings. The lowest BCUT2D eigenvalue weighted by Crippen LogP contribution is -2.32. The molecule has 1 atom stereocenters. The van der Waals surface area contributed by atoms with Crippen LogP contribution in [0, 0.1) is 0 Å². The first-order chi connectivity index (χ1) is 14.2. The average molecular weight is 494 g/mol. The molecular weight excluding hydrogens is 474 g/mol. The molecule has 0 aliphatic rings. The number of ether oxygens (including phenoxy) is 1. The van der Waals surface area contributed by atoms with Crippen LogP contribution < -0.4 is 10.3 Å². The van der Waals surface area contributed by atoms with Gasteiger partial charge in [0, 0.05) is 27.5 Å². The monoisotopic (exact) mass is 493 g/mol. The van der Waals surface area contributed by atoms with Crippen LogP contribution in [0.3, 0.4) is 0 Å². The van der Waals surface area contributed by atoms with Crippen LogP contribution in [0.25, 0.3) is 11.0 Å². The Kier molecular flexibility index (Phi) is 6.74. The lowest BCUT2D eigenvalue weighted by molar-refractivity contribution is 0.0473. The third-order valence-corrected chi connectivity index (χ3v) is 6.62. The number of carbonyl (C=O) groups excluding carboxylic acids is 1. The first-order valence-corrected chi connectivity index (χ1v) is 11.5. The minimum absolute atomic E-state index is 0.0663. The fourth-order valence-electron chi connectivity index (χ4n) is 2.74. The Bertz CT molecular complexity index is 1230. The van der Waals surface area contributed by atoms with E-state index >= 15 is 0 Å². The Hall–Kier alpha value is -2.49. The molecule has 1 heterocycles. The number of hydrogen-bond acceptors (Lipinski definition) is 6. The van der Waals surface area contributed by atoms with E-state index in [0.29, 0.717) is 23.0 Å². The standard InChI is InChI=1S/C21H20BrNO6S/c1-3-13(2)23-30(26,27)17-7-4-14(5-8-17)21(25)28-12-15-10-20(24)29-19-11-16(22)6-9-18(15)19/h4-11,13,23H,3,12H2,1-2H3. The van der Waals surface area contributed by atoms with E-state index in [0.717, 1.165) is 4.47 Å². The van der Waals surface area contributed by atoms with Gasteiger partial charge < -0.3 is 9.15 Å². The van der Waals surface area contributed by atoms with E-state index in [1.165, 1.54) is 30.3 Å². The summed E-state index contributed by atoms with van der Waals surface area (Å²) in [5, 5.41) is 0.656. The van der Waals surface area contributed by atoms with Crippen molar-refractivity contribution in [3.05, 3.63) is 74.6 Å². The summed E-state index contributed by atoms with van der Waals surface area (Å²) in [4.78, 5) is 24.2. The Morgan fingerprint density at radius 3 is 2.53 bits per heavy atom. The van der Waals surface area contributed by atoms with Gasteiger partial charge in [0.2, 0.25) is 10.0 Å². The Balaban J connectivity index is 1.75. The number of carbonyl (C=O) groups is 1. The Labute approximate surface area is 182 Å². The number of nitrogens with one attached hydrogen (secondary N) is 1. The van der Waals surface area contributed by atoms with Crippen LogP contribution in [0.1, 0.15) is 36.2 Å². The molecule has 0 saturated heterocycles. The largest absolute Gasteiger partial charge is 0.457 e. The summed E-state index contributed by atoms with van der Waals surface area (Å²) in [5.74, 6) is -0.632. The molecule has 0 bridgehead atoms. The summed E-state index contributed by atoms with van der Waals surface area (Å²) in [6.45, 7) is 3.53. The van der Waals surface area contributed by atoms with Gasteiger partial charge >= 0.3 is 11.6 Å². The number of hydrogen-bond donors (Lipinski definition) is 1. The molecule has 158 valence electrons. The van der Waals surface area contributed by atoms with E-state index in [-0.39, 0.29) is 23.1 Å². The predicted octanol–water partition coefficient (Wildman–Crippen LogP) is 3.99. The third kappa shape index (κ3) is 5.16. The topological polar surface area (TPSA) is 103 Å². The molecule has 3 rings (SSSR count). The molecule has 0 amide bonds. The maximum absolute atomic E-state index is 12.4. The van der Waals surface area contributed by atoms with E-state index in [9.17, 15) is 18.0 Å². The molecule has 0 saturated carbocycles. The molecule has 2 aromatic carbocycles. The number of benzene rings is 2. The highest BCUT2D eigenvalue weighted by Gasteiger charge is 2.18. The lowest BCUT2D eigenvalue weighted by atomic mass is 10.1. The van der Waals surface area contributed by atoms with Crippen molar-refractivity contribution >= 4 is 42.9 Å². The van der Waals surface area contributed by atoms with Crippen molar-refractivity contribution in [2.24, 2.45) is 0 Å². The van der Waals surface area contributed by atoms with Crippen LogP contribution in [0.2, 0.25) is 0 Å². The second kappa shape index (κ2) is 9.11. The zero-order valence-corrected chi connectivity index (χ0v) is 18.7. The second-order valence-electron chi connectivity index (χ2n) is 6.76. The van der Waals surface area contributed by atoms with E-state index in [2.05, 4.69) is 20.7 Å². The fraction of sp³-hybridized carbons (Fsp3) is 0.238. The molecule has 0 aliphatic heterocycles. The van der Waals surface area contributed by atoms with Crippen LogP contribution in [0.15, 0.2) is 67.1 Å². The minimum Gasteiger partial charge on any atom is -0.457 e. The molecule has 30 heavy (non-hydrogen) atoms. The summed E-state index contributed by atoms with van der Waals surface area (Å²) in [5.41, 5.74) is 0.549. The molecule has 1 unspecified atom stereocenters. The lowest BCUT2D eigenvalue weighted by Gasteiger charge is -2.12. The van der Waals surface area contributed by atoms with Gasteiger partial charge in [0.25, 0.3) is 0 Å². The van der Waals surface area contributed by atoms with Crippen LogP contribution in [-0.4, -0.2) is 20.4 Å². The van der Waals surface area contributed by atoms with Crippen molar-refractivity contribution in [2.75, 3.05) is 0 Å². The van der Waals surface area contributed by atoms with E-state index < -0.39 is 21.6 Å². The second-order valence-corrected chi connectivity index (χ2v) is 9.39. The Morgan fingerprint density at radius 1 is 1.17 bits per heavy atom. The first kappa shape index (κ1) is 22.2. The van der Waals surface area contributed by atoms with Crippen molar-refractivity contribution < 1.29 is 22.4 Å². The van der Waals surface area contributed by atoms with Gasteiger partial charge in [-0.15, -0.1) is 0 Å². The zero-order chi connectivity index (χ0) is 21.9. The van der Waals surface area contributed by atoms with Crippen molar-refractivity contribution in [1.82, 2.24) is 4.72 Å². The van der Waals surface area contributed by atoms with E-state index in [1.807, 2.05) is 6.92 Å². The summed E-state index contributed by atoms with van der Waals surface area (Å²) < 4.78 is 38.4. The first-order valence-electron chi connectivity index (χ1n) is 9.21. The van der Waals surface area contributed by atoms with Crippen molar-refractivity contribution in [2.45, 2.75) is 37.8 Å². The van der Waals surface area contributed by atoms with E-state index in [1.54, 1.807) is 25.1 Å². The molecule has 0 aliphatic carbocycles. The number of fused-ring (bicyclic) bond motifs is 1. The van der Waals surface area contributed by atoms with Gasteiger partial charge in [-0.1, -0.05) is 22.9 Å². The quantitative estimate of drug-likeness (QED) is 0.394. The highest BCUT2D eigenvalue weighted by atomic mass is 79.9. The van der Waals surface area contributed by atoms with Crippen LogP contribution in [0.5, 0.6) is 0 Å². The maximum Gasteiger partial charge on any atom is 0.338 e. The van der Waals surface area contributed by atoms with Gasteiger partial charge in [0.1, 0.15) is 12.2 Å². The molecule has 1 aromatic heterocycles. The van der Waals surface area contributed by atoms with Gasteiger partial charge in [-0.2, -0.15) is 0 Å². The molecule has 0 radical (unpaired) electrons. The third-order valence-electron chi connectivity index (χ3n) is 4.52. The number of esters is 1. The maximum atomic E-state index is 12.4. The molecule has 3 aromatic rings. The molecular formula is C21H20BrNO6S. The Morgan fingerprint density at radius 2 is 1.87 bits per heavy atom. The number of rotatable bonds is 7. The highest BCUT2D eigenvalue weighted by molar-refractivity contribution is 9.10. The van der Waals surface area contributed by atoms with Crippen LogP contribution >= 0.6 is 15.9 Å². The van der Waals surface area contributed by atoms with Gasteiger partial charge in [0.15, 0.2) is 0 Å². The molecule has 9 heteroatoms. The predicted molar refractivity (Wildman–Crippen MR) is 116 cm³/mol. The van der Waals surface area contributed by atoms with Crippen LogP contribution in [-0.2, 0) is 21.4 Å². The molecule has 0 spiro atoms. The van der Waals surface area contributed by atoms with E-state index in [4.69, 9.17) is 9.15 Å². The average Bonchev–Trinajstić information content (AvgIpc) is 2.71. The SMILES string of the molecule is CCC(C)NS(=O)(=O)c1ccc(C(=O)OCc2cc(=O)oc3cc(Br)ccc23)cc1. The fourth-order valence-corrected chi connectivity index (χ4v) is 4.40. The zero-order valence-electron chi connectivity index (χ0n) is 16.3. The molecule has 1 N–H and O–H groups in total. The summed E-state index contributed by atoms with van der Waals surface area (Å²) in [7, 11) is -3.65. The highest BCUT2D eigenvalue weighted by Crippen LogP contribution is 2.22. The van der Waals surface area contributed by atoms with Gasteiger partial charge in [0.05, 0.1) is 10.5 Å². The van der Waals surface area contributed by atoms with Crippen molar-refractivity contribution in [3.8, 4) is 0 Å². The van der Waals surface area contributed by atoms with Crippen LogP contribution in [0.4, 0.5) is 0 Å². The van der Waals surface area contributed by atoms with Crippen molar-refractivity contribution in [1.29, 1.82) is 0 Å². The minimum atomic E-state index is -3.65. The summed E-state index contributed by atoms with van der Waals surface area (Å²) in [6.07, 6.45) is 0.660. The normalized spacial score (nSPS) is 12.6. The molecule has 7 nitrogen and oxygen atoms in total. The summed E-state index contributed by atoms with van der Waals surface area (Å²) >= 11 is 3.32. The van der Waals surface area contributed by atoms with Gasteiger partial charge in [-0.3, -0.25) is 0 Å². The van der Waals surface area contributed by atoms with Crippen molar-refractivity contribution in [3.63, 3.8) is 0 Å². The van der Waals surface area contributed by atoms with Gasteiger partial charge in [-0.05, 0) is 55.8 Å². The number of halogens is 1. The summed E-state index contributed by atoms with van der Waals surface area (Å²) in [6, 6.07) is 11.8. The van der Waals surface area contributed by atoms with Gasteiger partial charge in [-0.25, -0.2) is 22.7 Å². The number of sulfonamides is 1. The smallest absolute Gasteiger partial charge is 0.338 e.